The van der Waals surface area contributed by atoms with Crippen molar-refractivity contribution < 1.29 is 24.0 Å². The van der Waals surface area contributed by atoms with E-state index in [1.807, 2.05) is 0 Å². The Labute approximate surface area is 148 Å². The average Bonchev–Trinajstić information content (AvgIpc) is 2.51. The second-order valence-electron chi connectivity index (χ2n) is 4.47. The van der Waals surface area contributed by atoms with Crippen LogP contribution in [0.5, 0.6) is 0 Å². The van der Waals surface area contributed by atoms with Crippen LogP contribution in [0.4, 0.5) is 0 Å². The van der Waals surface area contributed by atoms with Gasteiger partial charge in [-0.1, -0.05) is 54.6 Å². The lowest BCUT2D eigenvalue weighted by Crippen LogP contribution is -3.00. The van der Waals surface area contributed by atoms with Crippen LogP contribution in [0.15, 0.2) is 91.0 Å². The monoisotopic (exact) mass is 424 g/mol. The van der Waals surface area contributed by atoms with E-state index in [4.69, 9.17) is 0 Å². The second-order valence-corrected chi connectivity index (χ2v) is 6.96. The summed E-state index contributed by atoms with van der Waals surface area (Å²) in [4.78, 5) is 0. The van der Waals surface area contributed by atoms with E-state index in [-0.39, 0.29) is 33.9 Å². The van der Waals surface area contributed by atoms with Gasteiger partial charge in [-0.15, -0.1) is 0 Å². The van der Waals surface area contributed by atoms with Gasteiger partial charge in [0.05, 0.1) is 7.92 Å². The summed E-state index contributed by atoms with van der Waals surface area (Å²) in [7, 11) is -0.877. The van der Waals surface area contributed by atoms with Gasteiger partial charge in [0.15, 0.2) is 0 Å². The summed E-state index contributed by atoms with van der Waals surface area (Å²) in [6.45, 7) is 0. The first-order valence-corrected chi connectivity index (χ1v) is 7.98. The molecule has 0 radical (unpaired) electrons. The zero-order valence-corrected chi connectivity index (χ0v) is 16.3. The summed E-state index contributed by atoms with van der Waals surface area (Å²) >= 11 is 0. The highest BCUT2D eigenvalue weighted by atomic mass is 127. The van der Waals surface area contributed by atoms with Crippen molar-refractivity contribution in [1.82, 2.24) is 0 Å². The van der Waals surface area contributed by atoms with Crippen molar-refractivity contribution in [2.45, 2.75) is 0 Å². The minimum Gasteiger partial charge on any atom is -1.00 e. The van der Waals surface area contributed by atoms with E-state index in [1.165, 1.54) is 15.9 Å². The van der Waals surface area contributed by atoms with E-state index in [9.17, 15) is 0 Å². The molecule has 0 saturated carbocycles. The molecule has 0 saturated heterocycles. The van der Waals surface area contributed by atoms with Gasteiger partial charge in [-0.3, -0.25) is 0 Å². The summed E-state index contributed by atoms with van der Waals surface area (Å²) < 4.78 is 0. The minimum atomic E-state index is -0.877. The maximum atomic E-state index is 2.24. The molecule has 0 heterocycles. The van der Waals surface area contributed by atoms with Gasteiger partial charge in [-0.2, -0.15) is 9.90 Å². The van der Waals surface area contributed by atoms with Crippen LogP contribution in [0.1, 0.15) is 0 Å². The smallest absolute Gasteiger partial charge is 0.102 e. The Morgan fingerprint density at radius 2 is 0.667 bits per heavy atom. The van der Waals surface area contributed by atoms with Crippen molar-refractivity contribution in [3.05, 3.63) is 91.0 Å². The molecular weight excluding hydrogens is 405 g/mol. The topological polar surface area (TPSA) is 0 Å². The molecule has 108 valence electrons. The molecule has 0 aromatic heterocycles. The third kappa shape index (κ3) is 4.61. The Bertz CT molecular complexity index is 533. The van der Waals surface area contributed by atoms with Gasteiger partial charge in [0, 0.05) is 0 Å². The molecule has 3 rings (SSSR count). The van der Waals surface area contributed by atoms with Crippen molar-refractivity contribution in [2.75, 3.05) is 0 Å². The molecule has 0 aliphatic carbocycles. The molecular formula is C18H19IP2. The predicted molar refractivity (Wildman–Crippen MR) is 97.6 cm³/mol. The Balaban J connectivity index is 0.00000110. The first-order valence-electron chi connectivity index (χ1n) is 6.48. The van der Waals surface area contributed by atoms with Crippen molar-refractivity contribution in [3.8, 4) is 0 Å². The summed E-state index contributed by atoms with van der Waals surface area (Å²) in [6, 6.07) is 32.5. The van der Waals surface area contributed by atoms with Gasteiger partial charge in [0.1, 0.15) is 15.9 Å². The van der Waals surface area contributed by atoms with E-state index in [0.717, 1.165) is 0 Å². The number of hydrogen-bond acceptors (Lipinski definition) is 0. The molecule has 3 aromatic rings. The van der Waals surface area contributed by atoms with Crippen LogP contribution in [0.25, 0.3) is 0 Å². The van der Waals surface area contributed by atoms with Crippen LogP contribution in [0, 0.1) is 0 Å². The van der Waals surface area contributed by atoms with E-state index in [1.54, 1.807) is 0 Å². The highest BCUT2D eigenvalue weighted by molar-refractivity contribution is 7.79. The molecule has 0 bridgehead atoms. The van der Waals surface area contributed by atoms with E-state index < -0.39 is 7.92 Å². The molecule has 0 aliphatic heterocycles. The minimum absolute atomic E-state index is 0. The number of benzene rings is 3. The van der Waals surface area contributed by atoms with Gasteiger partial charge in [-0.05, 0) is 36.4 Å². The lowest BCUT2D eigenvalue weighted by Gasteiger charge is -2.10. The number of hydrogen-bond donors (Lipinski definition) is 0. The standard InChI is InChI=1S/C18H15P.HI.H3P/c1-4-10-16(11-5-1)19(17-12-6-2-7-13-17)18-14-8-3-9-15-18;;/h1-15H;1H;1H3. The van der Waals surface area contributed by atoms with Crippen molar-refractivity contribution in [3.63, 3.8) is 0 Å². The predicted octanol–water partition coefficient (Wildman–Crippen LogP) is 0.239. The lowest BCUT2D eigenvalue weighted by molar-refractivity contribution is -0.00000372. The molecule has 0 fully saturated rings. The fourth-order valence-corrected chi connectivity index (χ4v) is 4.89. The quantitative estimate of drug-likeness (QED) is 0.418. The summed E-state index contributed by atoms with van der Waals surface area (Å²) in [6.07, 6.45) is 0. The molecule has 3 heteroatoms. The van der Waals surface area contributed by atoms with Crippen LogP contribution >= 0.6 is 17.8 Å². The molecule has 0 aliphatic rings. The third-order valence-electron chi connectivity index (χ3n) is 3.19. The van der Waals surface area contributed by atoms with Gasteiger partial charge >= 0.3 is 0 Å². The Morgan fingerprint density at radius 1 is 0.429 bits per heavy atom. The Morgan fingerprint density at radius 3 is 0.905 bits per heavy atom. The maximum Gasteiger partial charge on any atom is 0.102 e. The third-order valence-corrected chi connectivity index (χ3v) is 5.92. The molecule has 0 spiro atoms. The molecule has 3 aromatic carbocycles. The van der Waals surface area contributed by atoms with E-state index in [0.29, 0.717) is 0 Å². The summed E-state index contributed by atoms with van der Waals surface area (Å²) in [5, 5.41) is 4.31. The van der Waals surface area contributed by atoms with Gasteiger partial charge in [0.2, 0.25) is 0 Å². The van der Waals surface area contributed by atoms with Crippen LogP contribution in [0.2, 0.25) is 0 Å². The van der Waals surface area contributed by atoms with Gasteiger partial charge in [-0.25, -0.2) is 0 Å². The molecule has 1 unspecified atom stereocenters. The van der Waals surface area contributed by atoms with Crippen LogP contribution in [0.3, 0.4) is 0 Å². The Hall–Kier alpha value is -0.750. The molecule has 21 heavy (non-hydrogen) atoms. The molecule has 0 nitrogen and oxygen atoms in total. The first-order chi connectivity index (χ1) is 9.45. The average molecular weight is 424 g/mol. The van der Waals surface area contributed by atoms with Crippen LogP contribution in [-0.2, 0) is 0 Å². The fourth-order valence-electron chi connectivity index (χ4n) is 2.31. The van der Waals surface area contributed by atoms with Crippen LogP contribution in [-0.4, -0.2) is 0 Å². The number of rotatable bonds is 3. The highest BCUT2D eigenvalue weighted by Crippen LogP contribution is 2.32. The summed E-state index contributed by atoms with van der Waals surface area (Å²) in [5.41, 5.74) is 0. The molecule has 1 atom stereocenters. The van der Waals surface area contributed by atoms with Gasteiger partial charge in [0.25, 0.3) is 0 Å². The highest BCUT2D eigenvalue weighted by Gasteiger charge is 2.24. The van der Waals surface area contributed by atoms with Crippen molar-refractivity contribution in [1.29, 1.82) is 0 Å². The van der Waals surface area contributed by atoms with E-state index >= 15 is 0 Å². The first kappa shape index (κ1) is 18.3. The van der Waals surface area contributed by atoms with Gasteiger partial charge < -0.3 is 24.0 Å². The van der Waals surface area contributed by atoms with Crippen molar-refractivity contribution in [2.24, 2.45) is 0 Å². The van der Waals surface area contributed by atoms with E-state index in [2.05, 4.69) is 91.0 Å². The summed E-state index contributed by atoms with van der Waals surface area (Å²) in [5.74, 6) is 0. The fraction of sp³-hybridized carbons (Fsp3) is 0. The molecule has 0 N–H and O–H groups in total. The zero-order chi connectivity index (χ0) is 12.9. The Kier molecular flexibility index (Phi) is 8.11. The zero-order valence-electron chi connectivity index (χ0n) is 11.7. The SMILES string of the molecule is P.[I-].c1ccc([PH+](c2ccccc2)c2ccccc2)cc1. The normalized spacial score (nSPS) is 9.57. The maximum absolute atomic E-state index is 2.24. The number of halogens is 1. The van der Waals surface area contributed by atoms with Crippen molar-refractivity contribution >= 4 is 33.7 Å². The van der Waals surface area contributed by atoms with Crippen LogP contribution < -0.4 is 39.9 Å². The largest absolute Gasteiger partial charge is 1.00 e. The lowest BCUT2D eigenvalue weighted by atomic mass is 10.4. The second kappa shape index (κ2) is 9.30. The molecule has 0 amide bonds.